The Bertz CT molecular complexity index is 537. The number of nitrogens with zero attached hydrogens (tertiary/aromatic N) is 1. The number of aliphatic hydroxyl groups excluding tert-OH is 2. The molecule has 2 atom stereocenters. The zero-order valence-electron chi connectivity index (χ0n) is 10.1. The van der Waals surface area contributed by atoms with Crippen LogP contribution < -0.4 is 0 Å². The summed E-state index contributed by atoms with van der Waals surface area (Å²) in [6, 6.07) is 8.11. The van der Waals surface area contributed by atoms with E-state index in [0.29, 0.717) is 13.0 Å². The Hall–Kier alpha value is -1.36. The molecule has 96 valence electrons. The van der Waals surface area contributed by atoms with E-state index in [1.165, 1.54) is 5.56 Å². The predicted molar refractivity (Wildman–Crippen MR) is 68.1 cm³/mol. The minimum Gasteiger partial charge on any atom is -0.464 e. The van der Waals surface area contributed by atoms with Crippen LogP contribution in [0.2, 0.25) is 0 Å². The number of rotatable bonds is 3. The lowest BCUT2D eigenvalue weighted by atomic mass is 10.1. The number of likely N-dealkylation sites (tertiary alicyclic amines) is 1. The van der Waals surface area contributed by atoms with E-state index in [2.05, 4.69) is 11.0 Å². The van der Waals surface area contributed by atoms with Gasteiger partial charge in [0.05, 0.1) is 19.0 Å². The molecule has 3 rings (SSSR count). The SMILES string of the molecule is OC[C@@H]1C[C@@H](O)CN1Cc1ccc2occc2c1. The van der Waals surface area contributed by atoms with E-state index in [1.54, 1.807) is 6.26 Å². The van der Waals surface area contributed by atoms with Crippen molar-refractivity contribution in [2.75, 3.05) is 13.2 Å². The number of β-amino-alcohol motifs (C(OH)–C–C–N with tert-alkyl or cyclic N) is 1. The molecule has 4 heteroatoms. The monoisotopic (exact) mass is 247 g/mol. The van der Waals surface area contributed by atoms with Gasteiger partial charge in [0, 0.05) is 24.5 Å². The Labute approximate surface area is 105 Å². The van der Waals surface area contributed by atoms with Crippen LogP contribution in [0.25, 0.3) is 11.0 Å². The molecule has 2 heterocycles. The highest BCUT2D eigenvalue weighted by atomic mass is 16.3. The Morgan fingerprint density at radius 1 is 1.33 bits per heavy atom. The largest absolute Gasteiger partial charge is 0.464 e. The molecule has 0 unspecified atom stereocenters. The van der Waals surface area contributed by atoms with E-state index in [4.69, 9.17) is 4.42 Å². The summed E-state index contributed by atoms with van der Waals surface area (Å²) < 4.78 is 5.31. The van der Waals surface area contributed by atoms with Gasteiger partial charge >= 0.3 is 0 Å². The van der Waals surface area contributed by atoms with Gasteiger partial charge in [-0.15, -0.1) is 0 Å². The van der Waals surface area contributed by atoms with Crippen molar-refractivity contribution in [1.29, 1.82) is 0 Å². The zero-order valence-corrected chi connectivity index (χ0v) is 10.1. The first-order valence-electron chi connectivity index (χ1n) is 6.25. The van der Waals surface area contributed by atoms with Crippen LogP contribution >= 0.6 is 0 Å². The van der Waals surface area contributed by atoms with Crippen molar-refractivity contribution in [2.45, 2.75) is 25.1 Å². The summed E-state index contributed by atoms with van der Waals surface area (Å²) >= 11 is 0. The molecular formula is C14H17NO3. The van der Waals surface area contributed by atoms with Crippen molar-refractivity contribution in [2.24, 2.45) is 0 Å². The number of furan rings is 1. The molecule has 1 saturated heterocycles. The van der Waals surface area contributed by atoms with Crippen molar-refractivity contribution in [3.63, 3.8) is 0 Å². The van der Waals surface area contributed by atoms with Crippen molar-refractivity contribution in [1.82, 2.24) is 4.90 Å². The standard InChI is InChI=1S/C14H17NO3/c16-9-12-6-13(17)8-15(12)7-10-1-2-14-11(5-10)3-4-18-14/h1-5,12-13,16-17H,6-9H2/t12-,13+/m0/s1. The summed E-state index contributed by atoms with van der Waals surface area (Å²) in [6.45, 7) is 1.49. The van der Waals surface area contributed by atoms with E-state index < -0.39 is 0 Å². The molecule has 1 aliphatic rings. The molecule has 0 aliphatic carbocycles. The molecule has 2 aromatic rings. The normalized spacial score (nSPS) is 25.0. The maximum atomic E-state index is 9.65. The maximum Gasteiger partial charge on any atom is 0.133 e. The molecule has 0 bridgehead atoms. The molecule has 0 saturated carbocycles. The highest BCUT2D eigenvalue weighted by Crippen LogP contribution is 2.22. The van der Waals surface area contributed by atoms with Gasteiger partial charge in [-0.1, -0.05) is 6.07 Å². The number of hydrogen-bond acceptors (Lipinski definition) is 4. The van der Waals surface area contributed by atoms with Crippen molar-refractivity contribution >= 4 is 11.0 Å². The van der Waals surface area contributed by atoms with Crippen molar-refractivity contribution in [3.05, 3.63) is 36.1 Å². The fourth-order valence-electron chi connectivity index (χ4n) is 2.69. The third-order valence-electron chi connectivity index (χ3n) is 3.62. The molecule has 18 heavy (non-hydrogen) atoms. The number of fused-ring (bicyclic) bond motifs is 1. The lowest BCUT2D eigenvalue weighted by Gasteiger charge is -2.22. The quantitative estimate of drug-likeness (QED) is 0.860. The first-order chi connectivity index (χ1) is 8.76. The highest BCUT2D eigenvalue weighted by Gasteiger charge is 2.30. The minimum absolute atomic E-state index is 0.0695. The van der Waals surface area contributed by atoms with Crippen LogP contribution in [-0.2, 0) is 6.54 Å². The fraction of sp³-hybridized carbons (Fsp3) is 0.429. The molecule has 0 spiro atoms. The van der Waals surface area contributed by atoms with E-state index >= 15 is 0 Å². The first-order valence-corrected chi connectivity index (χ1v) is 6.25. The lowest BCUT2D eigenvalue weighted by molar-refractivity contribution is 0.150. The van der Waals surface area contributed by atoms with E-state index in [-0.39, 0.29) is 18.8 Å². The smallest absolute Gasteiger partial charge is 0.133 e. The topological polar surface area (TPSA) is 56.8 Å². The average molecular weight is 247 g/mol. The van der Waals surface area contributed by atoms with Crippen LogP contribution in [0.5, 0.6) is 0 Å². The van der Waals surface area contributed by atoms with E-state index in [9.17, 15) is 10.2 Å². The lowest BCUT2D eigenvalue weighted by Crippen LogP contribution is -2.31. The van der Waals surface area contributed by atoms with Gasteiger partial charge in [-0.2, -0.15) is 0 Å². The molecule has 4 nitrogen and oxygen atoms in total. The molecule has 0 radical (unpaired) electrons. The number of aliphatic hydroxyl groups is 2. The summed E-state index contributed by atoms with van der Waals surface area (Å²) in [6.07, 6.45) is 2.02. The van der Waals surface area contributed by atoms with Crippen LogP contribution in [0, 0.1) is 0 Å². The Balaban J connectivity index is 1.78. The summed E-state index contributed by atoms with van der Waals surface area (Å²) in [7, 11) is 0. The Morgan fingerprint density at radius 2 is 2.22 bits per heavy atom. The third-order valence-corrected chi connectivity index (χ3v) is 3.62. The van der Waals surface area contributed by atoms with Gasteiger partial charge in [0.25, 0.3) is 0 Å². The average Bonchev–Trinajstić information content (AvgIpc) is 2.95. The summed E-state index contributed by atoms with van der Waals surface area (Å²) in [5.41, 5.74) is 2.07. The van der Waals surface area contributed by atoms with Gasteiger partial charge < -0.3 is 14.6 Å². The zero-order chi connectivity index (χ0) is 12.5. The van der Waals surface area contributed by atoms with Gasteiger partial charge in [-0.3, -0.25) is 4.90 Å². The molecule has 1 fully saturated rings. The van der Waals surface area contributed by atoms with Crippen molar-refractivity contribution < 1.29 is 14.6 Å². The Morgan fingerprint density at radius 3 is 3.06 bits per heavy atom. The fourth-order valence-corrected chi connectivity index (χ4v) is 2.69. The minimum atomic E-state index is -0.320. The first kappa shape index (κ1) is 11.7. The maximum absolute atomic E-state index is 9.65. The molecule has 1 aliphatic heterocycles. The summed E-state index contributed by atoms with van der Waals surface area (Å²) in [4.78, 5) is 2.13. The van der Waals surface area contributed by atoms with Gasteiger partial charge in [0.15, 0.2) is 0 Å². The van der Waals surface area contributed by atoms with Crippen LogP contribution in [0.15, 0.2) is 34.9 Å². The molecular weight excluding hydrogens is 230 g/mol. The second-order valence-corrected chi connectivity index (χ2v) is 4.95. The second kappa shape index (κ2) is 4.72. The van der Waals surface area contributed by atoms with Gasteiger partial charge in [0.2, 0.25) is 0 Å². The molecule has 0 amide bonds. The van der Waals surface area contributed by atoms with Crippen LogP contribution in [0.4, 0.5) is 0 Å². The predicted octanol–water partition coefficient (Wildman–Crippen LogP) is 1.36. The highest BCUT2D eigenvalue weighted by molar-refractivity contribution is 5.77. The third kappa shape index (κ3) is 2.14. The van der Waals surface area contributed by atoms with E-state index in [1.807, 2.05) is 18.2 Å². The van der Waals surface area contributed by atoms with Gasteiger partial charge in [-0.05, 0) is 30.2 Å². The van der Waals surface area contributed by atoms with Crippen LogP contribution in [-0.4, -0.2) is 40.4 Å². The number of hydrogen-bond donors (Lipinski definition) is 2. The molecule has 1 aromatic heterocycles. The summed E-state index contributed by atoms with van der Waals surface area (Å²) in [5.74, 6) is 0. The van der Waals surface area contributed by atoms with Crippen LogP contribution in [0.3, 0.4) is 0 Å². The summed E-state index contributed by atoms with van der Waals surface area (Å²) in [5, 5.41) is 20.0. The van der Waals surface area contributed by atoms with Crippen LogP contribution in [0.1, 0.15) is 12.0 Å². The molecule has 2 N–H and O–H groups in total. The second-order valence-electron chi connectivity index (χ2n) is 4.95. The Kier molecular flexibility index (Phi) is 3.07. The van der Waals surface area contributed by atoms with Crippen molar-refractivity contribution in [3.8, 4) is 0 Å². The number of benzene rings is 1. The van der Waals surface area contributed by atoms with Gasteiger partial charge in [-0.25, -0.2) is 0 Å². The molecule has 1 aromatic carbocycles. The van der Waals surface area contributed by atoms with E-state index in [0.717, 1.165) is 17.5 Å². The van der Waals surface area contributed by atoms with Gasteiger partial charge in [0.1, 0.15) is 5.58 Å².